The minimum absolute atomic E-state index is 0.241. The smallest absolute Gasteiger partial charge is 0.303 e. The van der Waals surface area contributed by atoms with Crippen LogP contribution in [0.4, 0.5) is 0 Å². The number of carboxylic acid groups (broad SMARTS) is 1. The molecule has 0 bridgehead atoms. The lowest BCUT2D eigenvalue weighted by molar-refractivity contribution is -0.280. The lowest BCUT2D eigenvalue weighted by Gasteiger charge is -2.13. The molecule has 5 heteroatoms. The number of rotatable bonds is 16. The lowest BCUT2D eigenvalue weighted by atomic mass is 10.1. The van der Waals surface area contributed by atoms with E-state index in [9.17, 15) is 15.2 Å². The van der Waals surface area contributed by atoms with E-state index in [2.05, 4.69) is 6.92 Å². The Morgan fingerprint density at radius 3 is 1.91 bits per heavy atom. The maximum atomic E-state index is 10.4. The van der Waals surface area contributed by atoms with Crippen molar-refractivity contribution in [2.45, 2.75) is 96.8 Å². The molecule has 0 amide bonds. The first kappa shape index (κ1) is 21.9. The molecule has 0 fully saturated rings. The van der Waals surface area contributed by atoms with Gasteiger partial charge in [-0.05, 0) is 32.1 Å². The van der Waals surface area contributed by atoms with Gasteiger partial charge in [0, 0.05) is 6.42 Å². The van der Waals surface area contributed by atoms with Gasteiger partial charge in [-0.1, -0.05) is 64.4 Å². The topological polar surface area (TPSA) is 81.0 Å². The quantitative estimate of drug-likeness (QED) is 0.257. The molecule has 0 rings (SSSR count). The molecule has 0 saturated heterocycles. The average molecular weight is 329 g/mol. The fourth-order valence-electron chi connectivity index (χ4n) is 2.59. The van der Waals surface area contributed by atoms with E-state index in [4.69, 9.17) is 5.11 Å². The van der Waals surface area contributed by atoms with Gasteiger partial charge < -0.3 is 5.11 Å². The molecule has 23 heavy (non-hydrogen) atoms. The summed E-state index contributed by atoms with van der Waals surface area (Å²) in [7, 11) is 0. The summed E-state index contributed by atoms with van der Waals surface area (Å²) in [6.07, 6.45) is 15.6. The number of allylic oxidation sites excluding steroid dienone is 2. The fourth-order valence-corrected chi connectivity index (χ4v) is 2.59. The Labute approximate surface area is 140 Å². The van der Waals surface area contributed by atoms with Crippen LogP contribution in [-0.4, -0.2) is 26.7 Å². The van der Waals surface area contributed by atoms with Crippen molar-refractivity contribution in [2.24, 2.45) is 0 Å². The number of hydrogen-bond donors (Lipinski definition) is 3. The average Bonchev–Trinajstić information content (AvgIpc) is 2.50. The van der Waals surface area contributed by atoms with Crippen molar-refractivity contribution >= 4 is 5.97 Å². The van der Waals surface area contributed by atoms with Gasteiger partial charge in [0.1, 0.15) is 0 Å². The molecule has 3 N–H and O–H groups in total. The molecular weight excluding hydrogens is 294 g/mol. The Bertz CT molecular complexity index is 316. The van der Waals surface area contributed by atoms with Gasteiger partial charge in [-0.25, -0.2) is 0 Å². The third-order valence-electron chi connectivity index (χ3n) is 4.02. The van der Waals surface area contributed by atoms with Gasteiger partial charge in [0.05, 0.1) is 5.70 Å². The minimum atomic E-state index is -0.735. The molecule has 0 aliphatic heterocycles. The Morgan fingerprint density at radius 1 is 0.826 bits per heavy atom. The first-order chi connectivity index (χ1) is 11.1. The summed E-state index contributed by atoms with van der Waals surface area (Å²) in [5.74, 6) is -0.735. The molecule has 0 spiro atoms. The number of aliphatic carboxylic acids is 1. The van der Waals surface area contributed by atoms with Crippen LogP contribution in [0, 0.1) is 0 Å². The largest absolute Gasteiger partial charge is 0.481 e. The lowest BCUT2D eigenvalue weighted by Crippen LogP contribution is -2.13. The van der Waals surface area contributed by atoms with Gasteiger partial charge in [-0.3, -0.25) is 15.2 Å². The number of hydrogen-bond acceptors (Lipinski definition) is 4. The van der Waals surface area contributed by atoms with Crippen LogP contribution in [0.15, 0.2) is 11.8 Å². The van der Waals surface area contributed by atoms with Crippen LogP contribution in [0.25, 0.3) is 0 Å². The highest BCUT2D eigenvalue weighted by Crippen LogP contribution is 2.15. The second-order valence-corrected chi connectivity index (χ2v) is 6.20. The molecular formula is C18H35NO4. The second-order valence-electron chi connectivity index (χ2n) is 6.20. The van der Waals surface area contributed by atoms with Gasteiger partial charge in [-0.2, -0.15) is 0 Å². The van der Waals surface area contributed by atoms with Gasteiger partial charge in [0.2, 0.25) is 0 Å². The van der Waals surface area contributed by atoms with E-state index < -0.39 is 5.97 Å². The minimum Gasteiger partial charge on any atom is -0.481 e. The van der Waals surface area contributed by atoms with Crippen molar-refractivity contribution in [1.82, 2.24) is 5.23 Å². The predicted molar refractivity (Wildman–Crippen MR) is 91.4 cm³/mol. The number of carboxylic acids is 1. The Kier molecular flexibility index (Phi) is 15.1. The maximum absolute atomic E-state index is 10.4. The highest BCUT2D eigenvalue weighted by Gasteiger charge is 2.04. The number of unbranched alkanes of at least 4 members (excludes halogenated alkanes) is 10. The van der Waals surface area contributed by atoms with E-state index in [0.717, 1.165) is 44.9 Å². The SMILES string of the molecule is CCCCCCCCC=C(CCCCCCCC(=O)O)N(O)O. The zero-order chi connectivity index (χ0) is 17.3. The van der Waals surface area contributed by atoms with E-state index in [1.165, 1.54) is 32.1 Å². The summed E-state index contributed by atoms with van der Waals surface area (Å²) in [4.78, 5) is 10.4. The van der Waals surface area contributed by atoms with Crippen LogP contribution < -0.4 is 0 Å². The van der Waals surface area contributed by atoms with E-state index in [1.54, 1.807) is 0 Å². The van der Waals surface area contributed by atoms with Crippen molar-refractivity contribution < 1.29 is 20.3 Å². The van der Waals surface area contributed by atoms with E-state index >= 15 is 0 Å². The highest BCUT2D eigenvalue weighted by molar-refractivity contribution is 5.66. The van der Waals surface area contributed by atoms with Crippen molar-refractivity contribution in [3.63, 3.8) is 0 Å². The van der Waals surface area contributed by atoms with E-state index in [0.29, 0.717) is 12.1 Å². The van der Waals surface area contributed by atoms with Gasteiger partial charge in [-0.15, -0.1) is 5.23 Å². The van der Waals surface area contributed by atoms with Crippen molar-refractivity contribution in [2.75, 3.05) is 0 Å². The Hall–Kier alpha value is -1.07. The molecule has 0 saturated carbocycles. The maximum Gasteiger partial charge on any atom is 0.303 e. The first-order valence-electron chi connectivity index (χ1n) is 9.16. The van der Waals surface area contributed by atoms with E-state index in [-0.39, 0.29) is 11.6 Å². The van der Waals surface area contributed by atoms with Gasteiger partial charge in [0.15, 0.2) is 0 Å². The standard InChI is InChI=1S/C18H35NO4/c1-2-3-4-5-6-8-11-14-17(19(22)23)15-12-9-7-10-13-16-18(20)21/h14,22-23H,2-13,15-16H2,1H3,(H,20,21). The molecule has 0 aromatic rings. The number of carbonyl (C=O) groups is 1. The summed E-state index contributed by atoms with van der Waals surface area (Å²) in [6, 6.07) is 0. The summed E-state index contributed by atoms with van der Waals surface area (Å²) in [5.41, 5.74) is 0.573. The van der Waals surface area contributed by atoms with Crippen LogP contribution in [0.1, 0.15) is 96.8 Å². The zero-order valence-electron chi connectivity index (χ0n) is 14.7. The fraction of sp³-hybridized carbons (Fsp3) is 0.833. The highest BCUT2D eigenvalue weighted by atomic mass is 16.8. The van der Waals surface area contributed by atoms with Crippen LogP contribution in [-0.2, 0) is 4.79 Å². The van der Waals surface area contributed by atoms with Crippen LogP contribution in [0.3, 0.4) is 0 Å². The van der Waals surface area contributed by atoms with Crippen molar-refractivity contribution in [3.05, 3.63) is 11.8 Å². The Balaban J connectivity index is 3.68. The third-order valence-corrected chi connectivity index (χ3v) is 4.02. The molecule has 0 aliphatic carbocycles. The zero-order valence-corrected chi connectivity index (χ0v) is 14.7. The molecule has 0 aromatic heterocycles. The van der Waals surface area contributed by atoms with Gasteiger partial charge >= 0.3 is 5.97 Å². The molecule has 0 radical (unpaired) electrons. The second kappa shape index (κ2) is 15.8. The van der Waals surface area contributed by atoms with Crippen LogP contribution in [0.2, 0.25) is 0 Å². The summed E-state index contributed by atoms with van der Waals surface area (Å²) >= 11 is 0. The summed E-state index contributed by atoms with van der Waals surface area (Å²) in [5, 5.41) is 27.3. The molecule has 0 atom stereocenters. The summed E-state index contributed by atoms with van der Waals surface area (Å²) in [6.45, 7) is 2.21. The predicted octanol–water partition coefficient (Wildman–Crippen LogP) is 5.52. The van der Waals surface area contributed by atoms with Crippen molar-refractivity contribution in [3.8, 4) is 0 Å². The van der Waals surface area contributed by atoms with Crippen molar-refractivity contribution in [1.29, 1.82) is 0 Å². The molecule has 0 aliphatic rings. The van der Waals surface area contributed by atoms with Crippen LogP contribution in [0.5, 0.6) is 0 Å². The summed E-state index contributed by atoms with van der Waals surface area (Å²) < 4.78 is 0. The first-order valence-corrected chi connectivity index (χ1v) is 9.16. The molecule has 136 valence electrons. The molecule has 0 heterocycles. The monoisotopic (exact) mass is 329 g/mol. The van der Waals surface area contributed by atoms with Crippen LogP contribution >= 0.6 is 0 Å². The van der Waals surface area contributed by atoms with E-state index in [1.807, 2.05) is 6.08 Å². The molecule has 0 unspecified atom stereocenters. The Morgan fingerprint density at radius 2 is 1.35 bits per heavy atom. The van der Waals surface area contributed by atoms with Gasteiger partial charge in [0.25, 0.3) is 0 Å². The normalized spacial score (nSPS) is 11.7. The number of hydroxylamine groups is 2. The number of nitrogens with zero attached hydrogens (tertiary/aromatic N) is 1. The molecule has 0 aromatic carbocycles. The molecule has 5 nitrogen and oxygen atoms in total. The third kappa shape index (κ3) is 15.6.